The van der Waals surface area contributed by atoms with Crippen LogP contribution in [0, 0.1) is 11.3 Å². The maximum Gasteiger partial charge on any atom is 0.250 e. The van der Waals surface area contributed by atoms with Crippen LogP contribution in [-0.2, 0) is 14.4 Å². The molecule has 1 spiro atoms. The molecule has 7 nitrogen and oxygen atoms in total. The van der Waals surface area contributed by atoms with Crippen LogP contribution in [0.25, 0.3) is 0 Å². The molecule has 2 aliphatic heterocycles. The Morgan fingerprint density at radius 2 is 1.75 bits per heavy atom. The Morgan fingerprint density at radius 1 is 1.12 bits per heavy atom. The number of anilines is 1. The van der Waals surface area contributed by atoms with Gasteiger partial charge >= 0.3 is 0 Å². The van der Waals surface area contributed by atoms with Crippen LogP contribution in [0.15, 0.2) is 30.3 Å². The average molecular weight is 443 g/mol. The molecule has 176 valence electrons. The molecule has 7 heteroatoms. The van der Waals surface area contributed by atoms with E-state index in [9.17, 15) is 14.4 Å². The molecule has 0 saturated carbocycles. The van der Waals surface area contributed by atoms with Crippen LogP contribution < -0.4 is 10.2 Å². The minimum absolute atomic E-state index is 0.0112. The molecule has 3 rings (SSSR count). The van der Waals surface area contributed by atoms with Crippen LogP contribution in [0.2, 0.25) is 0 Å². The van der Waals surface area contributed by atoms with E-state index in [0.29, 0.717) is 45.1 Å². The first kappa shape index (κ1) is 24.1. The molecule has 1 aromatic rings. The summed E-state index contributed by atoms with van der Waals surface area (Å²) in [4.78, 5) is 44.7. The third-order valence-corrected chi connectivity index (χ3v) is 6.78. The van der Waals surface area contributed by atoms with Gasteiger partial charge in [0.15, 0.2) is 0 Å². The highest BCUT2D eigenvalue weighted by Gasteiger charge is 2.54. The van der Waals surface area contributed by atoms with Crippen LogP contribution in [0.4, 0.5) is 5.69 Å². The fourth-order valence-corrected chi connectivity index (χ4v) is 4.54. The van der Waals surface area contributed by atoms with Gasteiger partial charge in [0.2, 0.25) is 11.8 Å². The van der Waals surface area contributed by atoms with E-state index in [-0.39, 0.29) is 24.3 Å². The molecule has 2 heterocycles. The Balaban J connectivity index is 1.78. The highest BCUT2D eigenvalue weighted by atomic mass is 16.2. The standard InChI is InChI=1S/C25H38N4O3/c1-6-19(2)16-26-21(30)17-28-18-29(20-10-8-7-9-11-20)25(23(28)32)12-14-27(15-13-25)22(31)24(3,4)5/h7-11,19H,6,12-18H2,1-5H3,(H,26,30). The molecule has 2 fully saturated rings. The zero-order chi connectivity index (χ0) is 23.5. The third-order valence-electron chi connectivity index (χ3n) is 6.78. The van der Waals surface area contributed by atoms with Gasteiger partial charge in [-0.1, -0.05) is 59.2 Å². The largest absolute Gasteiger partial charge is 0.354 e. The van der Waals surface area contributed by atoms with Crippen LogP contribution in [-0.4, -0.2) is 65.9 Å². The fourth-order valence-electron chi connectivity index (χ4n) is 4.54. The fraction of sp³-hybridized carbons (Fsp3) is 0.640. The zero-order valence-corrected chi connectivity index (χ0v) is 20.2. The summed E-state index contributed by atoms with van der Waals surface area (Å²) in [6, 6.07) is 9.90. The molecular weight excluding hydrogens is 404 g/mol. The number of piperidine rings is 1. The van der Waals surface area contributed by atoms with Gasteiger partial charge in [-0.05, 0) is 30.9 Å². The maximum atomic E-state index is 13.7. The van der Waals surface area contributed by atoms with Crippen molar-refractivity contribution in [2.45, 2.75) is 59.4 Å². The molecule has 1 unspecified atom stereocenters. The highest BCUT2D eigenvalue weighted by Crippen LogP contribution is 2.40. The quantitative estimate of drug-likeness (QED) is 0.735. The number of nitrogens with zero attached hydrogens (tertiary/aromatic N) is 3. The molecule has 1 atom stereocenters. The van der Waals surface area contributed by atoms with Crippen molar-refractivity contribution in [1.29, 1.82) is 0 Å². The lowest BCUT2D eigenvalue weighted by Crippen LogP contribution is -2.58. The Labute approximate surface area is 192 Å². The lowest BCUT2D eigenvalue weighted by Gasteiger charge is -2.44. The molecule has 2 aliphatic rings. The summed E-state index contributed by atoms with van der Waals surface area (Å²) >= 11 is 0. The van der Waals surface area contributed by atoms with Crippen LogP contribution >= 0.6 is 0 Å². The third kappa shape index (κ3) is 4.92. The number of carbonyl (C=O) groups is 3. The normalized spacial score (nSPS) is 19.4. The van der Waals surface area contributed by atoms with Crippen LogP contribution in [0.3, 0.4) is 0 Å². The molecular formula is C25H38N4O3. The van der Waals surface area contributed by atoms with E-state index in [1.165, 1.54) is 0 Å². The predicted octanol–water partition coefficient (Wildman–Crippen LogP) is 2.86. The molecule has 32 heavy (non-hydrogen) atoms. The summed E-state index contributed by atoms with van der Waals surface area (Å²) in [5.41, 5.74) is -0.185. The second-order valence-electron chi connectivity index (χ2n) is 10.3. The first-order valence-electron chi connectivity index (χ1n) is 11.8. The van der Waals surface area contributed by atoms with E-state index < -0.39 is 11.0 Å². The summed E-state index contributed by atoms with van der Waals surface area (Å²) in [5.74, 6) is 0.391. The number of rotatable bonds is 6. The van der Waals surface area contributed by atoms with E-state index in [0.717, 1.165) is 12.1 Å². The first-order valence-corrected chi connectivity index (χ1v) is 11.8. The predicted molar refractivity (Wildman–Crippen MR) is 126 cm³/mol. The van der Waals surface area contributed by atoms with Crippen molar-refractivity contribution in [2.75, 3.05) is 37.7 Å². The van der Waals surface area contributed by atoms with Crippen molar-refractivity contribution in [3.8, 4) is 0 Å². The van der Waals surface area contributed by atoms with E-state index >= 15 is 0 Å². The Bertz CT molecular complexity index is 825. The Kier molecular flexibility index (Phi) is 7.16. The molecule has 2 saturated heterocycles. The van der Waals surface area contributed by atoms with E-state index in [4.69, 9.17) is 0 Å². The Hall–Kier alpha value is -2.57. The van der Waals surface area contributed by atoms with Gasteiger partial charge in [0, 0.05) is 30.7 Å². The van der Waals surface area contributed by atoms with Gasteiger partial charge in [-0.25, -0.2) is 0 Å². The molecule has 1 aromatic carbocycles. The number of likely N-dealkylation sites (tertiary alicyclic amines) is 1. The summed E-state index contributed by atoms with van der Waals surface area (Å²) < 4.78 is 0. The van der Waals surface area contributed by atoms with Crippen molar-refractivity contribution >= 4 is 23.4 Å². The smallest absolute Gasteiger partial charge is 0.250 e. The van der Waals surface area contributed by atoms with Gasteiger partial charge in [0.25, 0.3) is 5.91 Å². The second-order valence-corrected chi connectivity index (χ2v) is 10.3. The summed E-state index contributed by atoms with van der Waals surface area (Å²) in [5, 5.41) is 2.96. The van der Waals surface area contributed by atoms with Crippen molar-refractivity contribution in [2.24, 2.45) is 11.3 Å². The average Bonchev–Trinajstić information content (AvgIpc) is 3.03. The topological polar surface area (TPSA) is 73.0 Å². The minimum atomic E-state index is -0.715. The molecule has 1 N–H and O–H groups in total. The van der Waals surface area contributed by atoms with Gasteiger partial charge in [0.1, 0.15) is 12.1 Å². The lowest BCUT2D eigenvalue weighted by molar-refractivity contribution is -0.144. The van der Waals surface area contributed by atoms with E-state index in [1.807, 2.05) is 56.0 Å². The number of nitrogens with one attached hydrogen (secondary N) is 1. The molecule has 0 aromatic heterocycles. The number of amides is 3. The number of benzene rings is 1. The monoisotopic (exact) mass is 442 g/mol. The van der Waals surface area contributed by atoms with Gasteiger partial charge in [-0.3, -0.25) is 14.4 Å². The molecule has 3 amide bonds. The molecule has 0 radical (unpaired) electrons. The number of carbonyl (C=O) groups excluding carboxylic acids is 3. The summed E-state index contributed by atoms with van der Waals surface area (Å²) in [7, 11) is 0. The van der Waals surface area contributed by atoms with Crippen molar-refractivity contribution in [3.63, 3.8) is 0 Å². The molecule has 0 aliphatic carbocycles. The lowest BCUT2D eigenvalue weighted by atomic mass is 9.84. The Morgan fingerprint density at radius 3 is 2.31 bits per heavy atom. The number of para-hydroxylation sites is 1. The number of hydrogen-bond donors (Lipinski definition) is 1. The SMILES string of the molecule is CCC(C)CNC(=O)CN1CN(c2ccccc2)C2(CCN(C(=O)C(C)(C)C)CC2)C1=O. The van der Waals surface area contributed by atoms with Gasteiger partial charge in [-0.2, -0.15) is 0 Å². The number of hydrogen-bond acceptors (Lipinski definition) is 4. The van der Waals surface area contributed by atoms with Gasteiger partial charge in [-0.15, -0.1) is 0 Å². The van der Waals surface area contributed by atoms with E-state index in [2.05, 4.69) is 24.1 Å². The highest BCUT2D eigenvalue weighted by molar-refractivity contribution is 5.96. The van der Waals surface area contributed by atoms with Crippen LogP contribution in [0.5, 0.6) is 0 Å². The maximum absolute atomic E-state index is 13.7. The zero-order valence-electron chi connectivity index (χ0n) is 20.2. The first-order chi connectivity index (χ1) is 15.1. The van der Waals surface area contributed by atoms with Crippen LogP contribution in [0.1, 0.15) is 53.9 Å². The van der Waals surface area contributed by atoms with Crippen molar-refractivity contribution < 1.29 is 14.4 Å². The minimum Gasteiger partial charge on any atom is -0.354 e. The summed E-state index contributed by atoms with van der Waals surface area (Å²) in [6.45, 7) is 12.1. The second kappa shape index (κ2) is 9.51. The molecule has 0 bridgehead atoms. The summed E-state index contributed by atoms with van der Waals surface area (Å²) in [6.07, 6.45) is 2.12. The van der Waals surface area contributed by atoms with E-state index in [1.54, 1.807) is 4.90 Å². The van der Waals surface area contributed by atoms with Crippen molar-refractivity contribution in [1.82, 2.24) is 15.1 Å². The van der Waals surface area contributed by atoms with Gasteiger partial charge in [0.05, 0.1) is 6.67 Å². The van der Waals surface area contributed by atoms with Gasteiger partial charge < -0.3 is 20.0 Å². The van der Waals surface area contributed by atoms with Crippen molar-refractivity contribution in [3.05, 3.63) is 30.3 Å².